The molecule has 3 aromatic rings. The fourth-order valence-electron chi connectivity index (χ4n) is 2.40. The first-order valence-electron chi connectivity index (χ1n) is 8.16. The van der Waals surface area contributed by atoms with Crippen LogP contribution >= 0.6 is 0 Å². The van der Waals surface area contributed by atoms with E-state index in [4.69, 9.17) is 9.47 Å². The van der Waals surface area contributed by atoms with Crippen molar-refractivity contribution in [3.05, 3.63) is 59.8 Å². The summed E-state index contributed by atoms with van der Waals surface area (Å²) in [5.41, 5.74) is 3.17. The molecule has 0 spiro atoms. The minimum Gasteiger partial charge on any atom is -0.493 e. The smallest absolute Gasteiger partial charge is 0.244 e. The summed E-state index contributed by atoms with van der Waals surface area (Å²) in [6, 6.07) is 13.8. The highest BCUT2D eigenvalue weighted by atomic mass is 16.5. The van der Waals surface area contributed by atoms with Gasteiger partial charge in [-0.1, -0.05) is 23.8 Å². The molecule has 0 radical (unpaired) electrons. The molecule has 0 amide bonds. The van der Waals surface area contributed by atoms with Gasteiger partial charge in [-0.15, -0.1) is 5.10 Å². The third kappa shape index (κ3) is 4.38. The maximum atomic E-state index is 5.32. The predicted octanol–water partition coefficient (Wildman–Crippen LogP) is 3.55. The molecule has 0 fully saturated rings. The van der Waals surface area contributed by atoms with Crippen LogP contribution in [-0.2, 0) is 6.54 Å². The number of benzene rings is 2. The Balaban J connectivity index is 1.66. The molecule has 1 heterocycles. The lowest BCUT2D eigenvalue weighted by atomic mass is 10.2. The lowest BCUT2D eigenvalue weighted by Crippen LogP contribution is -2.06. The van der Waals surface area contributed by atoms with E-state index >= 15 is 0 Å². The van der Waals surface area contributed by atoms with Crippen molar-refractivity contribution in [3.63, 3.8) is 0 Å². The maximum absolute atomic E-state index is 5.32. The van der Waals surface area contributed by atoms with Crippen LogP contribution in [0.3, 0.4) is 0 Å². The number of anilines is 3. The van der Waals surface area contributed by atoms with Crippen LogP contribution in [0.1, 0.15) is 11.1 Å². The van der Waals surface area contributed by atoms with Crippen molar-refractivity contribution >= 4 is 17.5 Å². The molecule has 0 atom stereocenters. The summed E-state index contributed by atoms with van der Waals surface area (Å²) in [6.45, 7) is 2.59. The van der Waals surface area contributed by atoms with Crippen LogP contribution in [0.25, 0.3) is 0 Å². The second-order valence-corrected chi connectivity index (χ2v) is 5.70. The lowest BCUT2D eigenvalue weighted by Gasteiger charge is -2.11. The molecule has 1 aromatic heterocycles. The fraction of sp³-hybridized carbons (Fsp3) is 0.211. The van der Waals surface area contributed by atoms with Gasteiger partial charge in [0.1, 0.15) is 0 Å². The number of nitrogens with one attached hydrogen (secondary N) is 2. The molecule has 0 aliphatic carbocycles. The summed E-state index contributed by atoms with van der Waals surface area (Å²) in [5.74, 6) is 2.44. The minimum atomic E-state index is 0.442. The third-order valence-electron chi connectivity index (χ3n) is 3.78. The summed E-state index contributed by atoms with van der Waals surface area (Å²) < 4.78 is 10.6. The van der Waals surface area contributed by atoms with Gasteiger partial charge in [-0.2, -0.15) is 10.1 Å². The second-order valence-electron chi connectivity index (χ2n) is 5.70. The molecule has 0 bridgehead atoms. The Labute approximate surface area is 152 Å². The zero-order valence-corrected chi connectivity index (χ0v) is 15.0. The molecule has 26 heavy (non-hydrogen) atoms. The Morgan fingerprint density at radius 1 is 0.962 bits per heavy atom. The monoisotopic (exact) mass is 351 g/mol. The van der Waals surface area contributed by atoms with Gasteiger partial charge in [-0.3, -0.25) is 0 Å². The van der Waals surface area contributed by atoms with Crippen molar-refractivity contribution < 1.29 is 9.47 Å². The Morgan fingerprint density at radius 2 is 1.73 bits per heavy atom. The normalized spacial score (nSPS) is 10.3. The molecule has 0 aliphatic heterocycles. The lowest BCUT2D eigenvalue weighted by molar-refractivity contribution is 0.354. The number of hydrogen-bond acceptors (Lipinski definition) is 7. The first-order chi connectivity index (χ1) is 12.7. The Hall–Kier alpha value is -3.35. The topological polar surface area (TPSA) is 81.2 Å². The van der Waals surface area contributed by atoms with Gasteiger partial charge in [0.2, 0.25) is 5.95 Å². The molecule has 7 heteroatoms. The molecule has 2 N–H and O–H groups in total. The van der Waals surface area contributed by atoms with Crippen molar-refractivity contribution in [2.45, 2.75) is 13.5 Å². The van der Waals surface area contributed by atoms with Crippen molar-refractivity contribution in [2.24, 2.45) is 0 Å². The van der Waals surface area contributed by atoms with E-state index < -0.39 is 0 Å². The highest BCUT2D eigenvalue weighted by molar-refractivity contribution is 5.56. The van der Waals surface area contributed by atoms with Crippen molar-refractivity contribution in [1.82, 2.24) is 15.2 Å². The summed E-state index contributed by atoms with van der Waals surface area (Å²) in [6.07, 6.45) is 1.58. The number of aromatic nitrogens is 3. The van der Waals surface area contributed by atoms with Gasteiger partial charge in [-0.25, -0.2) is 0 Å². The van der Waals surface area contributed by atoms with Crippen LogP contribution in [0.5, 0.6) is 11.5 Å². The van der Waals surface area contributed by atoms with Crippen molar-refractivity contribution in [2.75, 3.05) is 24.9 Å². The van der Waals surface area contributed by atoms with E-state index in [2.05, 4.69) is 25.8 Å². The zero-order chi connectivity index (χ0) is 18.4. The third-order valence-corrected chi connectivity index (χ3v) is 3.78. The molecule has 0 saturated carbocycles. The SMILES string of the molecule is COc1ccc(CNc2nncc(Nc3ccc(C)cc3)n2)cc1OC. The van der Waals surface area contributed by atoms with Crippen LogP contribution in [0.2, 0.25) is 0 Å². The first kappa shape index (κ1) is 17.5. The number of rotatable bonds is 7. The number of methoxy groups -OCH3 is 2. The Kier molecular flexibility index (Phi) is 5.48. The minimum absolute atomic E-state index is 0.442. The van der Waals surface area contributed by atoms with Crippen molar-refractivity contribution in [1.29, 1.82) is 0 Å². The van der Waals surface area contributed by atoms with Gasteiger partial charge >= 0.3 is 0 Å². The molecule has 0 unspecified atom stereocenters. The summed E-state index contributed by atoms with van der Waals surface area (Å²) >= 11 is 0. The van der Waals surface area contributed by atoms with Gasteiger partial charge < -0.3 is 20.1 Å². The van der Waals surface area contributed by atoms with Gasteiger partial charge in [0, 0.05) is 12.2 Å². The highest BCUT2D eigenvalue weighted by Crippen LogP contribution is 2.27. The molecule has 2 aromatic carbocycles. The van der Waals surface area contributed by atoms with E-state index in [0.717, 1.165) is 11.3 Å². The average Bonchev–Trinajstić information content (AvgIpc) is 2.68. The quantitative estimate of drug-likeness (QED) is 0.673. The first-order valence-corrected chi connectivity index (χ1v) is 8.16. The molecular weight excluding hydrogens is 330 g/mol. The van der Waals surface area contributed by atoms with Crippen LogP contribution in [0.4, 0.5) is 17.5 Å². The molecule has 7 nitrogen and oxygen atoms in total. The molecular formula is C19H21N5O2. The fourth-order valence-corrected chi connectivity index (χ4v) is 2.40. The number of hydrogen-bond donors (Lipinski definition) is 2. The summed E-state index contributed by atoms with van der Waals surface area (Å²) in [4.78, 5) is 4.43. The molecule has 0 aliphatic rings. The average molecular weight is 351 g/mol. The largest absolute Gasteiger partial charge is 0.493 e. The van der Waals surface area contributed by atoms with E-state index in [1.54, 1.807) is 20.4 Å². The number of ether oxygens (including phenoxy) is 2. The maximum Gasteiger partial charge on any atom is 0.244 e. The van der Waals surface area contributed by atoms with E-state index in [-0.39, 0.29) is 0 Å². The highest BCUT2D eigenvalue weighted by Gasteiger charge is 2.06. The number of nitrogens with zero attached hydrogens (tertiary/aromatic N) is 3. The Bertz CT molecular complexity index is 868. The van der Waals surface area contributed by atoms with Crippen LogP contribution in [-0.4, -0.2) is 29.4 Å². The van der Waals surface area contributed by atoms with Gasteiger partial charge in [0.15, 0.2) is 17.3 Å². The molecule has 0 saturated heterocycles. The van der Waals surface area contributed by atoms with E-state index in [0.29, 0.717) is 29.8 Å². The van der Waals surface area contributed by atoms with Crippen LogP contribution in [0, 0.1) is 6.92 Å². The van der Waals surface area contributed by atoms with E-state index in [1.807, 2.05) is 49.4 Å². The predicted molar refractivity (Wildman–Crippen MR) is 101 cm³/mol. The summed E-state index contributed by atoms with van der Waals surface area (Å²) in [7, 11) is 3.23. The molecule has 134 valence electrons. The Morgan fingerprint density at radius 3 is 2.46 bits per heavy atom. The standard InChI is InChI=1S/C19H21N5O2/c1-13-4-7-15(8-5-13)22-18-12-21-24-19(23-18)20-11-14-6-9-16(25-2)17(10-14)26-3/h4-10,12H,11H2,1-3H3,(H2,20,22,23,24). The second kappa shape index (κ2) is 8.15. The van der Waals surface area contributed by atoms with E-state index in [1.165, 1.54) is 5.56 Å². The van der Waals surface area contributed by atoms with Gasteiger partial charge in [-0.05, 0) is 36.8 Å². The number of aryl methyl sites for hydroxylation is 1. The zero-order valence-electron chi connectivity index (χ0n) is 15.0. The van der Waals surface area contributed by atoms with Gasteiger partial charge in [0.05, 0.1) is 20.4 Å². The summed E-state index contributed by atoms with van der Waals surface area (Å²) in [5, 5.41) is 14.4. The van der Waals surface area contributed by atoms with Crippen molar-refractivity contribution in [3.8, 4) is 11.5 Å². The molecule has 3 rings (SSSR count). The van der Waals surface area contributed by atoms with Gasteiger partial charge in [0.25, 0.3) is 0 Å². The van der Waals surface area contributed by atoms with E-state index in [9.17, 15) is 0 Å². The van der Waals surface area contributed by atoms with Crippen LogP contribution < -0.4 is 20.1 Å². The van der Waals surface area contributed by atoms with Crippen LogP contribution in [0.15, 0.2) is 48.7 Å².